The summed E-state index contributed by atoms with van der Waals surface area (Å²) in [5.74, 6) is 0.239. The Kier molecular flexibility index (Phi) is 6.48. The summed E-state index contributed by atoms with van der Waals surface area (Å²) in [7, 11) is 0. The van der Waals surface area contributed by atoms with Gasteiger partial charge in [0.1, 0.15) is 0 Å². The molecule has 0 aliphatic carbocycles. The second-order valence-electron chi connectivity index (χ2n) is 6.47. The molecule has 0 radical (unpaired) electrons. The molecule has 2 nitrogen and oxygen atoms in total. The molecule has 0 bridgehead atoms. The molecule has 130 valence electrons. The Morgan fingerprint density at radius 1 is 1.08 bits per heavy atom. The van der Waals surface area contributed by atoms with Gasteiger partial charge < -0.3 is 5.32 Å². The topological polar surface area (TPSA) is 29.1 Å². The van der Waals surface area contributed by atoms with Crippen LogP contribution in [0.25, 0.3) is 11.0 Å². The third kappa shape index (κ3) is 5.07. The Hall–Kier alpha value is -1.84. The van der Waals surface area contributed by atoms with Gasteiger partial charge in [0.05, 0.1) is 0 Å². The Morgan fingerprint density at radius 2 is 1.84 bits per heavy atom. The number of ketones is 1. The maximum Gasteiger partial charge on any atom is 0.164 e. The van der Waals surface area contributed by atoms with Crippen molar-refractivity contribution < 1.29 is 4.79 Å². The average Bonchev–Trinajstić information content (AvgIpc) is 2.68. The van der Waals surface area contributed by atoms with Crippen LogP contribution < -0.4 is 5.32 Å². The van der Waals surface area contributed by atoms with Gasteiger partial charge in [-0.15, -0.1) is 11.8 Å². The van der Waals surface area contributed by atoms with Crippen molar-refractivity contribution in [3.8, 4) is 0 Å². The van der Waals surface area contributed by atoms with Gasteiger partial charge in [-0.05, 0) is 42.8 Å². The number of hydrogen-bond acceptors (Lipinski definition) is 3. The van der Waals surface area contributed by atoms with E-state index in [1.54, 1.807) is 11.8 Å². The first-order chi connectivity index (χ1) is 12.3. The molecular weight excluding hydrogens is 326 g/mol. The van der Waals surface area contributed by atoms with Crippen LogP contribution in [0.4, 0.5) is 0 Å². The number of carbonyl (C=O) groups is 1. The number of carbonyl (C=O) groups excluding carboxylic acids is 1. The zero-order chi connectivity index (χ0) is 17.5. The van der Waals surface area contributed by atoms with Crippen molar-refractivity contribution >= 4 is 28.5 Å². The monoisotopic (exact) mass is 351 g/mol. The molecule has 1 aliphatic rings. The minimum absolute atomic E-state index is 0.239. The summed E-state index contributed by atoms with van der Waals surface area (Å²) >= 11 is 1.74. The van der Waals surface area contributed by atoms with E-state index in [1.165, 1.54) is 23.3 Å². The van der Waals surface area contributed by atoms with E-state index in [1.807, 2.05) is 30.3 Å². The number of piperidine rings is 1. The fraction of sp³-hybridized carbons (Fsp3) is 0.318. The molecule has 1 aliphatic heterocycles. The van der Waals surface area contributed by atoms with E-state index in [0.717, 1.165) is 24.1 Å². The normalized spacial score (nSPS) is 18.1. The Bertz CT molecular complexity index is 715. The molecule has 2 aromatic rings. The highest BCUT2D eigenvalue weighted by molar-refractivity contribution is 8.07. The van der Waals surface area contributed by atoms with Crippen molar-refractivity contribution in [1.82, 2.24) is 5.32 Å². The van der Waals surface area contributed by atoms with Crippen LogP contribution in [0.3, 0.4) is 0 Å². The minimum atomic E-state index is 0.239. The molecule has 1 fully saturated rings. The summed E-state index contributed by atoms with van der Waals surface area (Å²) in [6.45, 7) is 1.04. The first-order valence-electron chi connectivity index (χ1n) is 8.94. The molecule has 0 saturated carbocycles. The molecule has 1 N–H and O–H groups in total. The van der Waals surface area contributed by atoms with Crippen LogP contribution in [0.15, 0.2) is 54.6 Å². The van der Waals surface area contributed by atoms with Crippen molar-refractivity contribution in [1.29, 1.82) is 0 Å². The van der Waals surface area contributed by atoms with Crippen molar-refractivity contribution in [2.75, 3.05) is 12.8 Å². The summed E-state index contributed by atoms with van der Waals surface area (Å²) in [4.78, 5) is 13.7. The first kappa shape index (κ1) is 18.0. The van der Waals surface area contributed by atoms with Gasteiger partial charge in [-0.2, -0.15) is 0 Å². The maximum atomic E-state index is 12.5. The Balaban J connectivity index is 1.68. The molecule has 0 aromatic heterocycles. The third-order valence-electron chi connectivity index (χ3n) is 4.65. The van der Waals surface area contributed by atoms with Gasteiger partial charge in [0.15, 0.2) is 5.78 Å². The number of hydrogen-bond donors (Lipinski definition) is 1. The second-order valence-corrected chi connectivity index (χ2v) is 7.32. The third-order valence-corrected chi connectivity index (χ3v) is 5.45. The zero-order valence-corrected chi connectivity index (χ0v) is 15.5. The van der Waals surface area contributed by atoms with Gasteiger partial charge in [-0.3, -0.25) is 4.79 Å². The lowest BCUT2D eigenvalue weighted by Gasteiger charge is -2.22. The van der Waals surface area contributed by atoms with E-state index in [2.05, 4.69) is 41.9 Å². The molecule has 2 aromatic carbocycles. The molecule has 1 atom stereocenters. The molecule has 3 rings (SSSR count). The predicted molar refractivity (Wildman–Crippen MR) is 109 cm³/mol. The summed E-state index contributed by atoms with van der Waals surface area (Å²) in [6.07, 6.45) is 8.44. The highest BCUT2D eigenvalue weighted by Crippen LogP contribution is 2.27. The van der Waals surface area contributed by atoms with E-state index in [4.69, 9.17) is 0 Å². The predicted octanol–water partition coefficient (Wildman–Crippen LogP) is 5.26. The highest BCUT2D eigenvalue weighted by Gasteiger charge is 2.17. The van der Waals surface area contributed by atoms with Gasteiger partial charge in [-0.1, -0.05) is 61.0 Å². The Morgan fingerprint density at radius 3 is 2.48 bits per heavy atom. The highest BCUT2D eigenvalue weighted by atomic mass is 32.2. The standard InChI is InChI=1S/C22H25NOS/c1-25-22(19-7-3-2-4-8-19)15-17-10-12-18(13-11-17)21(24)16-20-9-5-6-14-23-20/h2-4,7-8,10-13,15,20,23H,5-6,9,14,16H2,1H3. The van der Waals surface area contributed by atoms with E-state index in [0.29, 0.717) is 12.5 Å². The molecule has 1 heterocycles. The summed E-state index contributed by atoms with van der Waals surface area (Å²) in [5, 5.41) is 3.45. The fourth-order valence-electron chi connectivity index (χ4n) is 3.22. The minimum Gasteiger partial charge on any atom is -0.314 e. The van der Waals surface area contributed by atoms with Gasteiger partial charge in [0, 0.05) is 22.9 Å². The fourth-order valence-corrected chi connectivity index (χ4v) is 3.84. The van der Waals surface area contributed by atoms with Crippen molar-refractivity contribution in [3.63, 3.8) is 0 Å². The molecular formula is C22H25NOS. The van der Waals surface area contributed by atoms with E-state index in [9.17, 15) is 4.79 Å². The summed E-state index contributed by atoms with van der Waals surface area (Å²) < 4.78 is 0. The van der Waals surface area contributed by atoms with Crippen molar-refractivity contribution in [2.24, 2.45) is 0 Å². The SMILES string of the molecule is CSC(=Cc1ccc(C(=O)CC2CCCCN2)cc1)c1ccccc1. The van der Waals surface area contributed by atoms with E-state index in [-0.39, 0.29) is 5.78 Å². The molecule has 1 unspecified atom stereocenters. The lowest BCUT2D eigenvalue weighted by molar-refractivity contribution is 0.0963. The second kappa shape index (κ2) is 9.02. The number of thioether (sulfide) groups is 1. The van der Waals surface area contributed by atoms with Crippen LogP contribution in [0.1, 0.15) is 47.2 Å². The lowest BCUT2D eigenvalue weighted by Crippen LogP contribution is -2.35. The number of benzene rings is 2. The molecule has 25 heavy (non-hydrogen) atoms. The first-order valence-corrected chi connectivity index (χ1v) is 10.2. The smallest absolute Gasteiger partial charge is 0.164 e. The van der Waals surface area contributed by atoms with Crippen LogP contribution in [0.2, 0.25) is 0 Å². The largest absolute Gasteiger partial charge is 0.314 e. The number of Topliss-reactive ketones (excluding diaryl/α,β-unsaturated/α-hetero) is 1. The number of rotatable bonds is 6. The summed E-state index contributed by atoms with van der Waals surface area (Å²) in [5.41, 5.74) is 3.16. The maximum absolute atomic E-state index is 12.5. The average molecular weight is 352 g/mol. The molecule has 0 amide bonds. The van der Waals surface area contributed by atoms with Crippen molar-refractivity contribution in [3.05, 3.63) is 71.3 Å². The Labute approximate surface area is 154 Å². The molecule has 1 saturated heterocycles. The lowest BCUT2D eigenvalue weighted by atomic mass is 9.96. The van der Waals surface area contributed by atoms with E-state index < -0.39 is 0 Å². The quantitative estimate of drug-likeness (QED) is 0.568. The zero-order valence-electron chi connectivity index (χ0n) is 14.7. The van der Waals surface area contributed by atoms with Gasteiger partial charge in [0.2, 0.25) is 0 Å². The van der Waals surface area contributed by atoms with Gasteiger partial charge in [-0.25, -0.2) is 0 Å². The van der Waals surface area contributed by atoms with E-state index >= 15 is 0 Å². The van der Waals surface area contributed by atoms with Crippen LogP contribution in [-0.4, -0.2) is 24.6 Å². The molecule has 0 spiro atoms. The number of nitrogens with one attached hydrogen (secondary N) is 1. The summed E-state index contributed by atoms with van der Waals surface area (Å²) in [6, 6.07) is 18.7. The van der Waals surface area contributed by atoms with Crippen molar-refractivity contribution in [2.45, 2.75) is 31.7 Å². The van der Waals surface area contributed by atoms with Gasteiger partial charge in [0.25, 0.3) is 0 Å². The van der Waals surface area contributed by atoms with Gasteiger partial charge >= 0.3 is 0 Å². The van der Waals surface area contributed by atoms with Crippen LogP contribution in [0.5, 0.6) is 0 Å². The van der Waals surface area contributed by atoms with Crippen LogP contribution in [-0.2, 0) is 0 Å². The molecule has 3 heteroatoms. The van der Waals surface area contributed by atoms with Crippen LogP contribution >= 0.6 is 11.8 Å². The van der Waals surface area contributed by atoms with Crippen LogP contribution in [0, 0.1) is 0 Å².